The van der Waals surface area contributed by atoms with Crippen LogP contribution in [0.2, 0.25) is 0 Å². The molecule has 0 saturated heterocycles. The van der Waals surface area contributed by atoms with Crippen LogP contribution >= 0.6 is 0 Å². The Hall–Kier alpha value is -0.300. The molecule has 0 aromatic carbocycles. The smallest absolute Gasteiger partial charge is 0.0858 e. The molecule has 0 aromatic rings. The van der Waals surface area contributed by atoms with Crippen LogP contribution in [0.15, 0.2) is 12.2 Å². The summed E-state index contributed by atoms with van der Waals surface area (Å²) in [6, 6.07) is 0. The van der Waals surface area contributed by atoms with Gasteiger partial charge in [-0.05, 0) is 37.5 Å². The van der Waals surface area contributed by atoms with E-state index in [-0.39, 0.29) is 0 Å². The SMILES string of the molecule is CC1CC=CC2(O)CCCC12. The Bertz CT molecular complexity index is 185. The molecule has 0 heterocycles. The van der Waals surface area contributed by atoms with Gasteiger partial charge in [0.1, 0.15) is 0 Å². The van der Waals surface area contributed by atoms with Crippen LogP contribution in [0.1, 0.15) is 32.6 Å². The maximum Gasteiger partial charge on any atom is 0.0858 e. The van der Waals surface area contributed by atoms with E-state index >= 15 is 0 Å². The fourth-order valence-electron chi connectivity index (χ4n) is 2.68. The van der Waals surface area contributed by atoms with Crippen LogP contribution in [0.25, 0.3) is 0 Å². The van der Waals surface area contributed by atoms with Crippen LogP contribution < -0.4 is 0 Å². The Kier molecular flexibility index (Phi) is 1.57. The molecule has 2 rings (SSSR count). The van der Waals surface area contributed by atoms with Crippen molar-refractivity contribution in [2.24, 2.45) is 11.8 Å². The van der Waals surface area contributed by atoms with Crippen LogP contribution in [0.5, 0.6) is 0 Å². The zero-order valence-corrected chi connectivity index (χ0v) is 7.09. The Morgan fingerprint density at radius 1 is 1.55 bits per heavy atom. The molecule has 1 saturated carbocycles. The molecule has 0 bridgehead atoms. The average Bonchev–Trinajstić information content (AvgIpc) is 2.31. The summed E-state index contributed by atoms with van der Waals surface area (Å²) >= 11 is 0. The van der Waals surface area contributed by atoms with Gasteiger partial charge >= 0.3 is 0 Å². The predicted molar refractivity (Wildman–Crippen MR) is 45.2 cm³/mol. The van der Waals surface area contributed by atoms with Gasteiger partial charge in [-0.1, -0.05) is 19.1 Å². The second-order valence-corrected chi connectivity index (χ2v) is 4.11. The summed E-state index contributed by atoms with van der Waals surface area (Å²) in [6.07, 6.45) is 8.75. The van der Waals surface area contributed by atoms with E-state index < -0.39 is 5.60 Å². The second-order valence-electron chi connectivity index (χ2n) is 4.11. The minimum atomic E-state index is -0.419. The van der Waals surface area contributed by atoms with Crippen LogP contribution in [-0.2, 0) is 0 Å². The maximum absolute atomic E-state index is 10.1. The predicted octanol–water partition coefficient (Wildman–Crippen LogP) is 2.11. The molecule has 0 aromatic heterocycles. The van der Waals surface area contributed by atoms with E-state index in [0.717, 1.165) is 12.8 Å². The first-order valence-corrected chi connectivity index (χ1v) is 4.62. The Morgan fingerprint density at radius 3 is 3.09 bits per heavy atom. The van der Waals surface area contributed by atoms with Crippen LogP contribution in [0.3, 0.4) is 0 Å². The van der Waals surface area contributed by atoms with Gasteiger partial charge in [0, 0.05) is 0 Å². The zero-order valence-electron chi connectivity index (χ0n) is 7.09. The summed E-state index contributed by atoms with van der Waals surface area (Å²) in [7, 11) is 0. The summed E-state index contributed by atoms with van der Waals surface area (Å²) in [5.74, 6) is 1.24. The molecule has 1 fully saturated rings. The van der Waals surface area contributed by atoms with Crippen molar-refractivity contribution in [1.82, 2.24) is 0 Å². The lowest BCUT2D eigenvalue weighted by atomic mass is 9.76. The van der Waals surface area contributed by atoms with Crippen LogP contribution in [0.4, 0.5) is 0 Å². The van der Waals surface area contributed by atoms with Crippen LogP contribution in [0, 0.1) is 11.8 Å². The van der Waals surface area contributed by atoms with Gasteiger partial charge in [-0.3, -0.25) is 0 Å². The van der Waals surface area contributed by atoms with Gasteiger partial charge in [0.25, 0.3) is 0 Å². The molecule has 3 unspecified atom stereocenters. The maximum atomic E-state index is 10.1. The highest BCUT2D eigenvalue weighted by molar-refractivity contribution is 5.13. The largest absolute Gasteiger partial charge is 0.385 e. The van der Waals surface area contributed by atoms with E-state index in [9.17, 15) is 5.11 Å². The molecule has 3 atom stereocenters. The van der Waals surface area contributed by atoms with E-state index in [0.29, 0.717) is 11.8 Å². The number of fused-ring (bicyclic) bond motifs is 1. The van der Waals surface area contributed by atoms with Gasteiger partial charge in [0.05, 0.1) is 5.60 Å². The molecule has 11 heavy (non-hydrogen) atoms. The highest BCUT2D eigenvalue weighted by Crippen LogP contribution is 2.44. The molecule has 1 nitrogen and oxygen atoms in total. The lowest BCUT2D eigenvalue weighted by molar-refractivity contribution is 0.0208. The van der Waals surface area contributed by atoms with E-state index in [4.69, 9.17) is 0 Å². The van der Waals surface area contributed by atoms with Gasteiger partial charge in [-0.25, -0.2) is 0 Å². The summed E-state index contributed by atoms with van der Waals surface area (Å²) in [4.78, 5) is 0. The summed E-state index contributed by atoms with van der Waals surface area (Å²) < 4.78 is 0. The van der Waals surface area contributed by atoms with E-state index in [1.165, 1.54) is 12.8 Å². The van der Waals surface area contributed by atoms with E-state index in [2.05, 4.69) is 13.0 Å². The number of rotatable bonds is 0. The van der Waals surface area contributed by atoms with Crippen molar-refractivity contribution in [1.29, 1.82) is 0 Å². The second kappa shape index (κ2) is 2.34. The summed E-state index contributed by atoms with van der Waals surface area (Å²) in [6.45, 7) is 2.25. The monoisotopic (exact) mass is 152 g/mol. The third-order valence-corrected chi connectivity index (χ3v) is 3.34. The van der Waals surface area contributed by atoms with Crippen molar-refractivity contribution < 1.29 is 5.11 Å². The van der Waals surface area contributed by atoms with Crippen molar-refractivity contribution in [3.8, 4) is 0 Å². The van der Waals surface area contributed by atoms with Crippen molar-refractivity contribution in [3.05, 3.63) is 12.2 Å². The van der Waals surface area contributed by atoms with Gasteiger partial charge in [-0.2, -0.15) is 0 Å². The molecule has 0 aliphatic heterocycles. The quantitative estimate of drug-likeness (QED) is 0.527. The number of hydrogen-bond acceptors (Lipinski definition) is 1. The van der Waals surface area contributed by atoms with Crippen molar-refractivity contribution in [2.45, 2.75) is 38.2 Å². The Balaban J connectivity index is 2.27. The zero-order chi connectivity index (χ0) is 7.90. The molecule has 2 aliphatic carbocycles. The summed E-state index contributed by atoms with van der Waals surface area (Å²) in [5, 5.41) is 10.1. The minimum absolute atomic E-state index is 0.419. The first kappa shape index (κ1) is 7.35. The Morgan fingerprint density at radius 2 is 2.36 bits per heavy atom. The van der Waals surface area contributed by atoms with Crippen molar-refractivity contribution >= 4 is 0 Å². The molecular formula is C10H16O. The van der Waals surface area contributed by atoms with Gasteiger partial charge in [-0.15, -0.1) is 0 Å². The molecule has 2 aliphatic rings. The third kappa shape index (κ3) is 1.02. The van der Waals surface area contributed by atoms with Crippen molar-refractivity contribution in [2.75, 3.05) is 0 Å². The lowest BCUT2D eigenvalue weighted by Gasteiger charge is -2.34. The van der Waals surface area contributed by atoms with E-state index in [1.807, 2.05) is 6.08 Å². The number of allylic oxidation sites excluding steroid dienone is 1. The topological polar surface area (TPSA) is 20.2 Å². The molecule has 0 amide bonds. The minimum Gasteiger partial charge on any atom is -0.385 e. The third-order valence-electron chi connectivity index (χ3n) is 3.34. The highest BCUT2D eigenvalue weighted by Gasteiger charge is 2.43. The highest BCUT2D eigenvalue weighted by atomic mass is 16.3. The first-order chi connectivity index (χ1) is 5.22. The number of aliphatic hydroxyl groups is 1. The lowest BCUT2D eigenvalue weighted by Crippen LogP contribution is -2.36. The molecular weight excluding hydrogens is 136 g/mol. The standard InChI is InChI=1S/C10H16O/c1-8-4-2-6-10(11)7-3-5-9(8)10/h2,6,8-9,11H,3-5,7H2,1H3. The van der Waals surface area contributed by atoms with Crippen LogP contribution in [-0.4, -0.2) is 10.7 Å². The van der Waals surface area contributed by atoms with Gasteiger partial charge < -0.3 is 5.11 Å². The molecule has 0 spiro atoms. The fraction of sp³-hybridized carbons (Fsp3) is 0.800. The molecule has 1 heteroatoms. The Labute approximate surface area is 68.1 Å². The van der Waals surface area contributed by atoms with Crippen molar-refractivity contribution in [3.63, 3.8) is 0 Å². The normalized spacial score (nSPS) is 49.3. The fourth-order valence-corrected chi connectivity index (χ4v) is 2.68. The van der Waals surface area contributed by atoms with Gasteiger partial charge in [0.15, 0.2) is 0 Å². The molecule has 0 radical (unpaired) electrons. The summed E-state index contributed by atoms with van der Waals surface area (Å²) in [5.41, 5.74) is -0.419. The van der Waals surface area contributed by atoms with Gasteiger partial charge in [0.2, 0.25) is 0 Å². The number of hydrogen-bond donors (Lipinski definition) is 1. The molecule has 62 valence electrons. The van der Waals surface area contributed by atoms with E-state index in [1.54, 1.807) is 0 Å². The molecule has 1 N–H and O–H groups in total. The first-order valence-electron chi connectivity index (χ1n) is 4.62. The average molecular weight is 152 g/mol.